The number of ether oxygens (including phenoxy) is 1. The fourth-order valence-electron chi connectivity index (χ4n) is 2.54. The van der Waals surface area contributed by atoms with E-state index < -0.39 is 12.1 Å². The predicted octanol–water partition coefficient (Wildman–Crippen LogP) is 1.01. The Morgan fingerprint density at radius 3 is 2.45 bits per heavy atom. The molecule has 1 aromatic rings. The molecule has 108 valence electrons. The summed E-state index contributed by atoms with van der Waals surface area (Å²) in [5.41, 5.74) is 2.45. The SMILES string of the molecule is COC(CNC(=O)C1Cc2ccccc2C1)CC(=O)O. The van der Waals surface area contributed by atoms with Gasteiger partial charge in [-0.3, -0.25) is 9.59 Å². The van der Waals surface area contributed by atoms with E-state index in [1.807, 2.05) is 24.3 Å². The van der Waals surface area contributed by atoms with Crippen molar-refractivity contribution in [2.75, 3.05) is 13.7 Å². The molecule has 0 spiro atoms. The molecule has 0 fully saturated rings. The van der Waals surface area contributed by atoms with Gasteiger partial charge in [0.2, 0.25) is 5.91 Å². The zero-order valence-electron chi connectivity index (χ0n) is 11.5. The van der Waals surface area contributed by atoms with E-state index in [1.54, 1.807) is 0 Å². The van der Waals surface area contributed by atoms with Crippen LogP contribution in [-0.4, -0.2) is 36.7 Å². The van der Waals surface area contributed by atoms with Crippen molar-refractivity contribution in [2.45, 2.75) is 25.4 Å². The van der Waals surface area contributed by atoms with E-state index in [2.05, 4.69) is 5.32 Å². The quantitative estimate of drug-likeness (QED) is 0.813. The molecule has 0 radical (unpaired) electrons. The molecule has 1 aliphatic carbocycles. The van der Waals surface area contributed by atoms with Gasteiger partial charge in [0, 0.05) is 19.6 Å². The van der Waals surface area contributed by atoms with Crippen LogP contribution in [0.2, 0.25) is 0 Å². The van der Waals surface area contributed by atoms with Crippen LogP contribution in [-0.2, 0) is 27.2 Å². The number of carbonyl (C=O) groups excluding carboxylic acids is 1. The first-order valence-electron chi connectivity index (χ1n) is 6.69. The van der Waals surface area contributed by atoms with Crippen molar-refractivity contribution >= 4 is 11.9 Å². The number of carbonyl (C=O) groups is 2. The van der Waals surface area contributed by atoms with Crippen LogP contribution < -0.4 is 5.32 Å². The number of aliphatic carboxylic acids is 1. The Balaban J connectivity index is 1.83. The second kappa shape index (κ2) is 6.52. The van der Waals surface area contributed by atoms with Crippen LogP contribution in [0.1, 0.15) is 17.5 Å². The molecular weight excluding hydrogens is 258 g/mol. The first kappa shape index (κ1) is 14.5. The van der Waals surface area contributed by atoms with E-state index in [9.17, 15) is 9.59 Å². The third kappa shape index (κ3) is 3.57. The van der Waals surface area contributed by atoms with Crippen molar-refractivity contribution in [3.8, 4) is 0 Å². The number of hydrogen-bond acceptors (Lipinski definition) is 3. The van der Waals surface area contributed by atoms with E-state index in [-0.39, 0.29) is 24.8 Å². The van der Waals surface area contributed by atoms with E-state index >= 15 is 0 Å². The molecule has 0 saturated carbocycles. The van der Waals surface area contributed by atoms with E-state index in [0.717, 1.165) is 12.8 Å². The van der Waals surface area contributed by atoms with Crippen LogP contribution in [0.25, 0.3) is 0 Å². The Hall–Kier alpha value is -1.88. The van der Waals surface area contributed by atoms with Crippen LogP contribution in [0, 0.1) is 5.92 Å². The van der Waals surface area contributed by atoms with E-state index in [1.165, 1.54) is 18.2 Å². The van der Waals surface area contributed by atoms with Gasteiger partial charge in [0.05, 0.1) is 12.5 Å². The number of nitrogens with one attached hydrogen (secondary N) is 1. The van der Waals surface area contributed by atoms with E-state index in [4.69, 9.17) is 9.84 Å². The Morgan fingerprint density at radius 2 is 1.95 bits per heavy atom. The van der Waals surface area contributed by atoms with Gasteiger partial charge in [-0.2, -0.15) is 0 Å². The number of benzene rings is 1. The standard InChI is InChI=1S/C15H19NO4/c1-20-13(8-14(17)18)9-16-15(19)12-6-10-4-2-3-5-11(10)7-12/h2-5,12-13H,6-9H2,1H3,(H,16,19)(H,17,18). The summed E-state index contributed by atoms with van der Waals surface area (Å²) in [5, 5.41) is 11.5. The van der Waals surface area contributed by atoms with Crippen LogP contribution in [0.5, 0.6) is 0 Å². The van der Waals surface area contributed by atoms with Crippen molar-refractivity contribution in [1.82, 2.24) is 5.32 Å². The zero-order chi connectivity index (χ0) is 14.5. The summed E-state index contributed by atoms with van der Waals surface area (Å²) < 4.78 is 5.04. The fourth-order valence-corrected chi connectivity index (χ4v) is 2.54. The molecule has 5 nitrogen and oxygen atoms in total. The number of carboxylic acid groups (broad SMARTS) is 1. The van der Waals surface area contributed by atoms with Gasteiger partial charge in [0.15, 0.2) is 0 Å². The number of methoxy groups -OCH3 is 1. The number of hydrogen-bond donors (Lipinski definition) is 2. The molecule has 1 unspecified atom stereocenters. The molecule has 2 N–H and O–H groups in total. The highest BCUT2D eigenvalue weighted by atomic mass is 16.5. The molecule has 2 rings (SSSR count). The smallest absolute Gasteiger partial charge is 0.306 e. The average molecular weight is 277 g/mol. The molecule has 1 atom stereocenters. The second-order valence-electron chi connectivity index (χ2n) is 5.07. The lowest BCUT2D eigenvalue weighted by atomic mass is 10.1. The highest BCUT2D eigenvalue weighted by molar-refractivity contribution is 5.80. The van der Waals surface area contributed by atoms with Crippen molar-refractivity contribution in [3.05, 3.63) is 35.4 Å². The maximum absolute atomic E-state index is 12.1. The number of amides is 1. The average Bonchev–Trinajstić information content (AvgIpc) is 2.86. The zero-order valence-corrected chi connectivity index (χ0v) is 11.5. The van der Waals surface area contributed by atoms with Crippen LogP contribution in [0.4, 0.5) is 0 Å². The fraction of sp³-hybridized carbons (Fsp3) is 0.467. The van der Waals surface area contributed by atoms with Gasteiger partial charge in [-0.15, -0.1) is 0 Å². The van der Waals surface area contributed by atoms with Crippen LogP contribution in [0.15, 0.2) is 24.3 Å². The summed E-state index contributed by atoms with van der Waals surface area (Å²) in [4.78, 5) is 22.7. The molecular formula is C15H19NO4. The third-order valence-electron chi connectivity index (χ3n) is 3.66. The van der Waals surface area contributed by atoms with Crippen molar-refractivity contribution in [1.29, 1.82) is 0 Å². The third-order valence-corrected chi connectivity index (χ3v) is 3.66. The minimum atomic E-state index is -0.931. The van der Waals surface area contributed by atoms with Gasteiger partial charge in [-0.1, -0.05) is 24.3 Å². The maximum Gasteiger partial charge on any atom is 0.306 e. The Labute approximate surface area is 117 Å². The summed E-state index contributed by atoms with van der Waals surface area (Å²) in [7, 11) is 1.45. The molecule has 0 saturated heterocycles. The normalized spacial score (nSPS) is 15.7. The molecule has 0 aliphatic heterocycles. The van der Waals surface area contributed by atoms with Crippen LogP contribution >= 0.6 is 0 Å². The first-order valence-corrected chi connectivity index (χ1v) is 6.69. The predicted molar refractivity (Wildman–Crippen MR) is 73.4 cm³/mol. The second-order valence-corrected chi connectivity index (χ2v) is 5.07. The van der Waals surface area contributed by atoms with Gasteiger partial charge in [0.1, 0.15) is 0 Å². The van der Waals surface area contributed by atoms with Gasteiger partial charge in [-0.25, -0.2) is 0 Å². The highest BCUT2D eigenvalue weighted by Gasteiger charge is 2.27. The summed E-state index contributed by atoms with van der Waals surface area (Å²) in [5.74, 6) is -1.03. The molecule has 0 bridgehead atoms. The lowest BCUT2D eigenvalue weighted by Gasteiger charge is -2.16. The molecule has 0 aromatic heterocycles. The number of rotatable bonds is 6. The molecule has 1 aliphatic rings. The molecule has 0 heterocycles. The summed E-state index contributed by atoms with van der Waals surface area (Å²) in [6, 6.07) is 8.05. The Kier molecular flexibility index (Phi) is 4.74. The van der Waals surface area contributed by atoms with Crippen molar-refractivity contribution in [2.24, 2.45) is 5.92 Å². The minimum absolute atomic E-state index is 0.0337. The monoisotopic (exact) mass is 277 g/mol. The first-order chi connectivity index (χ1) is 9.60. The van der Waals surface area contributed by atoms with Gasteiger partial charge in [0.25, 0.3) is 0 Å². The lowest BCUT2D eigenvalue weighted by molar-refractivity contribution is -0.140. The molecule has 5 heteroatoms. The molecule has 1 aromatic carbocycles. The van der Waals surface area contributed by atoms with Crippen LogP contribution in [0.3, 0.4) is 0 Å². The van der Waals surface area contributed by atoms with Gasteiger partial charge < -0.3 is 15.2 Å². The summed E-state index contributed by atoms with van der Waals surface area (Å²) >= 11 is 0. The number of carboxylic acids is 1. The molecule has 1 amide bonds. The summed E-state index contributed by atoms with van der Waals surface area (Å²) in [6.45, 7) is 0.231. The van der Waals surface area contributed by atoms with E-state index in [0.29, 0.717) is 0 Å². The maximum atomic E-state index is 12.1. The van der Waals surface area contributed by atoms with Gasteiger partial charge in [-0.05, 0) is 24.0 Å². The van der Waals surface area contributed by atoms with Crippen molar-refractivity contribution < 1.29 is 19.4 Å². The highest BCUT2D eigenvalue weighted by Crippen LogP contribution is 2.26. The van der Waals surface area contributed by atoms with Gasteiger partial charge >= 0.3 is 5.97 Å². The Morgan fingerprint density at radius 1 is 1.35 bits per heavy atom. The summed E-state index contributed by atoms with van der Waals surface area (Å²) in [6.07, 6.45) is 0.902. The number of fused-ring (bicyclic) bond motifs is 1. The van der Waals surface area contributed by atoms with Crippen molar-refractivity contribution in [3.63, 3.8) is 0 Å². The Bertz CT molecular complexity index is 475. The largest absolute Gasteiger partial charge is 0.481 e. The molecule has 20 heavy (non-hydrogen) atoms. The topological polar surface area (TPSA) is 75.6 Å². The lowest BCUT2D eigenvalue weighted by Crippen LogP contribution is -2.38. The minimum Gasteiger partial charge on any atom is -0.481 e.